The molecule has 3 aromatic carbocycles. The number of amides is 1. The topological polar surface area (TPSA) is 42.4 Å². The van der Waals surface area contributed by atoms with Crippen molar-refractivity contribution in [2.45, 2.75) is 13.1 Å². The molecule has 1 aromatic heterocycles. The van der Waals surface area contributed by atoms with Crippen molar-refractivity contribution in [3.8, 4) is 5.75 Å². The van der Waals surface area contributed by atoms with Crippen molar-refractivity contribution in [2.24, 2.45) is 0 Å². The average molecular weight is 540 g/mol. The molecule has 0 aliphatic rings. The van der Waals surface area contributed by atoms with Crippen LogP contribution in [0.3, 0.4) is 0 Å². The number of nitrogens with zero attached hydrogens (tertiary/aromatic N) is 2. The van der Waals surface area contributed by atoms with E-state index in [2.05, 4.69) is 36.8 Å². The Balaban J connectivity index is 1.56. The zero-order chi connectivity index (χ0) is 21.6. The molecule has 156 valence electrons. The molecule has 6 heteroatoms. The summed E-state index contributed by atoms with van der Waals surface area (Å²) in [5.74, 6) is 0.470. The van der Waals surface area contributed by atoms with Crippen molar-refractivity contribution < 1.29 is 9.53 Å². The van der Waals surface area contributed by atoms with Crippen molar-refractivity contribution in [3.05, 3.63) is 105 Å². The molecule has 0 unspecified atom stereocenters. The highest BCUT2D eigenvalue weighted by Gasteiger charge is 2.18. The number of benzene rings is 3. The molecule has 4 nitrogen and oxygen atoms in total. The van der Waals surface area contributed by atoms with E-state index in [0.29, 0.717) is 24.4 Å². The lowest BCUT2D eigenvalue weighted by molar-refractivity contribution is -0.134. The summed E-state index contributed by atoms with van der Waals surface area (Å²) in [6.07, 6.45) is 1.72. The number of ether oxygens (including phenoxy) is 1. The Morgan fingerprint density at radius 1 is 0.839 bits per heavy atom. The van der Waals surface area contributed by atoms with Crippen molar-refractivity contribution in [1.29, 1.82) is 0 Å². The normalized spacial score (nSPS) is 10.8. The van der Waals surface area contributed by atoms with Crippen LogP contribution in [0.1, 0.15) is 11.1 Å². The van der Waals surface area contributed by atoms with E-state index in [0.717, 1.165) is 25.5 Å². The van der Waals surface area contributed by atoms with Crippen molar-refractivity contribution in [2.75, 3.05) is 6.61 Å². The quantitative estimate of drug-likeness (QED) is 0.274. The van der Waals surface area contributed by atoms with Gasteiger partial charge in [-0.05, 0) is 39.2 Å². The minimum absolute atomic E-state index is 0.0778. The second-order valence-corrected chi connectivity index (χ2v) is 8.79. The van der Waals surface area contributed by atoms with Crippen molar-refractivity contribution in [1.82, 2.24) is 9.88 Å². The lowest BCUT2D eigenvalue weighted by atomic mass is 10.1. The third-order valence-corrected chi connectivity index (χ3v) is 6.12. The molecule has 0 N–H and O–H groups in total. The predicted octanol–water partition coefficient (Wildman–Crippen LogP) is 6.37. The van der Waals surface area contributed by atoms with Crippen LogP contribution in [0.4, 0.5) is 0 Å². The number of hydrogen-bond acceptors (Lipinski definition) is 3. The maximum Gasteiger partial charge on any atom is 0.261 e. The summed E-state index contributed by atoms with van der Waals surface area (Å²) >= 11 is 7.10. The van der Waals surface area contributed by atoms with Crippen molar-refractivity contribution >= 4 is 48.7 Å². The van der Waals surface area contributed by atoms with Gasteiger partial charge in [-0.25, -0.2) is 0 Å². The van der Waals surface area contributed by atoms with Crippen LogP contribution in [0.5, 0.6) is 5.75 Å². The minimum Gasteiger partial charge on any atom is -0.480 e. The van der Waals surface area contributed by atoms with Crippen LogP contribution in [0, 0.1) is 0 Å². The number of rotatable bonds is 7. The maximum atomic E-state index is 13.2. The standard InChI is InChI=1S/C25H20Br2N2O2/c26-21-14-22(27)25(24-20(21)12-7-13-28-24)31-17-23(30)29(15-18-8-3-1-4-9-18)16-19-10-5-2-6-11-19/h1-14H,15-17H2. The van der Waals surface area contributed by atoms with Crippen LogP contribution < -0.4 is 4.74 Å². The molecule has 0 saturated heterocycles. The molecule has 0 saturated carbocycles. The van der Waals surface area contributed by atoms with Gasteiger partial charge in [0.25, 0.3) is 5.91 Å². The van der Waals surface area contributed by atoms with E-state index in [1.807, 2.05) is 83.8 Å². The van der Waals surface area contributed by atoms with Crippen LogP contribution in [-0.2, 0) is 17.9 Å². The maximum absolute atomic E-state index is 13.2. The molecule has 0 radical (unpaired) electrons. The fourth-order valence-electron chi connectivity index (χ4n) is 3.35. The Hall–Kier alpha value is -2.70. The third kappa shape index (κ3) is 5.32. The summed E-state index contributed by atoms with van der Waals surface area (Å²) in [6.45, 7) is 0.947. The van der Waals surface area contributed by atoms with E-state index in [4.69, 9.17) is 4.74 Å². The van der Waals surface area contributed by atoms with Gasteiger partial charge in [-0.2, -0.15) is 0 Å². The lowest BCUT2D eigenvalue weighted by Gasteiger charge is -2.23. The first-order valence-corrected chi connectivity index (χ1v) is 11.4. The van der Waals surface area contributed by atoms with E-state index >= 15 is 0 Å². The Bertz CT molecular complexity index is 1140. The van der Waals surface area contributed by atoms with Gasteiger partial charge in [0, 0.05) is 29.1 Å². The number of aromatic nitrogens is 1. The molecule has 0 bridgehead atoms. The van der Waals surface area contributed by atoms with Gasteiger partial charge in [-0.15, -0.1) is 0 Å². The lowest BCUT2D eigenvalue weighted by Crippen LogP contribution is -2.34. The largest absolute Gasteiger partial charge is 0.480 e. The van der Waals surface area contributed by atoms with E-state index in [1.165, 1.54) is 0 Å². The van der Waals surface area contributed by atoms with Gasteiger partial charge in [-0.1, -0.05) is 82.7 Å². The Morgan fingerprint density at radius 3 is 2.06 bits per heavy atom. The first kappa shape index (κ1) is 21.5. The Kier molecular flexibility index (Phi) is 6.99. The number of halogens is 2. The van der Waals surface area contributed by atoms with Gasteiger partial charge in [0.05, 0.1) is 4.47 Å². The summed E-state index contributed by atoms with van der Waals surface area (Å²) in [7, 11) is 0. The van der Waals surface area contributed by atoms with Gasteiger partial charge in [0.2, 0.25) is 0 Å². The van der Waals surface area contributed by atoms with Crippen LogP contribution in [0.25, 0.3) is 10.9 Å². The summed E-state index contributed by atoms with van der Waals surface area (Å²) in [5.41, 5.74) is 2.85. The van der Waals surface area contributed by atoms with Crippen LogP contribution >= 0.6 is 31.9 Å². The molecule has 0 spiro atoms. The van der Waals surface area contributed by atoms with Gasteiger partial charge >= 0.3 is 0 Å². The summed E-state index contributed by atoms with van der Waals surface area (Å²) in [4.78, 5) is 19.5. The van der Waals surface area contributed by atoms with Gasteiger partial charge in [-0.3, -0.25) is 9.78 Å². The number of carbonyl (C=O) groups is 1. The van der Waals surface area contributed by atoms with Gasteiger partial charge < -0.3 is 9.64 Å². The van der Waals surface area contributed by atoms with Crippen molar-refractivity contribution in [3.63, 3.8) is 0 Å². The number of carbonyl (C=O) groups excluding carboxylic acids is 1. The highest BCUT2D eigenvalue weighted by atomic mass is 79.9. The minimum atomic E-state index is -0.0911. The molecular formula is C25H20Br2N2O2. The molecule has 0 atom stereocenters. The monoisotopic (exact) mass is 538 g/mol. The van der Waals surface area contributed by atoms with Gasteiger partial charge in [0.15, 0.2) is 12.4 Å². The molecule has 0 fully saturated rings. The number of pyridine rings is 1. The van der Waals surface area contributed by atoms with E-state index in [9.17, 15) is 4.79 Å². The predicted molar refractivity (Wildman–Crippen MR) is 130 cm³/mol. The zero-order valence-electron chi connectivity index (χ0n) is 16.7. The fraction of sp³-hybridized carbons (Fsp3) is 0.120. The Labute approximate surface area is 198 Å². The molecule has 4 aromatic rings. The number of hydrogen-bond donors (Lipinski definition) is 0. The second kappa shape index (κ2) is 10.1. The fourth-order valence-corrected chi connectivity index (χ4v) is 4.74. The van der Waals surface area contributed by atoms with E-state index in [1.54, 1.807) is 6.20 Å². The van der Waals surface area contributed by atoms with Crippen LogP contribution in [-0.4, -0.2) is 22.4 Å². The molecule has 0 aliphatic heterocycles. The summed E-state index contributed by atoms with van der Waals surface area (Å²) in [6, 6.07) is 25.7. The third-order valence-electron chi connectivity index (χ3n) is 4.88. The van der Waals surface area contributed by atoms with Crippen LogP contribution in [0.2, 0.25) is 0 Å². The summed E-state index contributed by atoms with van der Waals surface area (Å²) in [5, 5.41) is 0.929. The number of fused-ring (bicyclic) bond motifs is 1. The zero-order valence-corrected chi connectivity index (χ0v) is 19.8. The molecular weight excluding hydrogens is 520 g/mol. The highest BCUT2D eigenvalue weighted by Crippen LogP contribution is 2.37. The SMILES string of the molecule is O=C(COc1c(Br)cc(Br)c2cccnc12)N(Cc1ccccc1)Cc1ccccc1. The Morgan fingerprint density at radius 2 is 1.45 bits per heavy atom. The second-order valence-electron chi connectivity index (χ2n) is 7.08. The molecule has 0 aliphatic carbocycles. The van der Waals surface area contributed by atoms with E-state index in [-0.39, 0.29) is 12.5 Å². The van der Waals surface area contributed by atoms with E-state index < -0.39 is 0 Å². The smallest absolute Gasteiger partial charge is 0.261 e. The average Bonchev–Trinajstić information content (AvgIpc) is 2.80. The molecule has 1 heterocycles. The summed E-state index contributed by atoms with van der Waals surface area (Å²) < 4.78 is 7.66. The molecule has 31 heavy (non-hydrogen) atoms. The first-order valence-electron chi connectivity index (χ1n) is 9.83. The van der Waals surface area contributed by atoms with Crippen LogP contribution in [0.15, 0.2) is 94.0 Å². The molecule has 1 amide bonds. The molecule has 4 rings (SSSR count). The first-order chi connectivity index (χ1) is 15.1. The van der Waals surface area contributed by atoms with Gasteiger partial charge in [0.1, 0.15) is 5.52 Å². The highest BCUT2D eigenvalue weighted by molar-refractivity contribution is 9.11.